The average Bonchev–Trinajstić information content (AvgIpc) is 3.35. The molecule has 2 amide bonds. The van der Waals surface area contributed by atoms with Gasteiger partial charge in [-0.05, 0) is 25.8 Å². The summed E-state index contributed by atoms with van der Waals surface area (Å²) < 4.78 is 0. The fourth-order valence-electron chi connectivity index (χ4n) is 3.69. The Hall–Kier alpha value is -3.20. The molecule has 0 saturated carbocycles. The van der Waals surface area contributed by atoms with Crippen LogP contribution in [0.15, 0.2) is 30.5 Å². The molecule has 1 fully saturated rings. The highest BCUT2D eigenvalue weighted by Crippen LogP contribution is 2.16. The van der Waals surface area contributed by atoms with E-state index in [1.54, 1.807) is 6.20 Å². The first-order chi connectivity index (χ1) is 14.1. The summed E-state index contributed by atoms with van der Waals surface area (Å²) >= 11 is 0. The van der Waals surface area contributed by atoms with Crippen LogP contribution >= 0.6 is 0 Å². The molecule has 1 aliphatic heterocycles. The second kappa shape index (κ2) is 8.44. The highest BCUT2D eigenvalue weighted by molar-refractivity contribution is 6.04. The molecule has 0 spiro atoms. The van der Waals surface area contributed by atoms with Crippen LogP contribution in [-0.4, -0.2) is 69.3 Å². The zero-order chi connectivity index (χ0) is 20.2. The first kappa shape index (κ1) is 19.1. The van der Waals surface area contributed by atoms with Crippen LogP contribution in [0.1, 0.15) is 39.4 Å². The number of piperidine rings is 1. The summed E-state index contributed by atoms with van der Waals surface area (Å²) in [6.07, 6.45) is 3.30. The first-order valence-electron chi connectivity index (χ1n) is 9.86. The maximum Gasteiger partial charge on any atom is 0.272 e. The number of carbonyl (C=O) groups excluding carboxylic acids is 2. The number of para-hydroxylation sites is 1. The van der Waals surface area contributed by atoms with Gasteiger partial charge in [-0.3, -0.25) is 19.8 Å². The molecule has 0 unspecified atom stereocenters. The molecule has 0 bridgehead atoms. The Morgan fingerprint density at radius 2 is 1.97 bits per heavy atom. The van der Waals surface area contributed by atoms with Gasteiger partial charge in [0.25, 0.3) is 11.8 Å². The third kappa shape index (κ3) is 4.29. The van der Waals surface area contributed by atoms with Crippen LogP contribution in [-0.2, 0) is 0 Å². The summed E-state index contributed by atoms with van der Waals surface area (Å²) in [6, 6.07) is 7.76. The molecule has 1 aromatic carbocycles. The standard InChI is InChI=1S/C20H25N7O2/c1-13-16(12-22-24-13)19(28)21-8-11-27-9-6-14(7-10-27)23-20(29)18-15-4-2-3-5-17(15)25-26-18/h2-5,12,14H,6-11H2,1H3,(H,21,28)(H,22,24)(H,23,29)(H,25,26). The third-order valence-corrected chi connectivity index (χ3v) is 5.40. The number of hydrogen-bond donors (Lipinski definition) is 4. The Kier molecular flexibility index (Phi) is 5.57. The van der Waals surface area contributed by atoms with Gasteiger partial charge < -0.3 is 15.5 Å². The van der Waals surface area contributed by atoms with Gasteiger partial charge in [-0.15, -0.1) is 0 Å². The van der Waals surface area contributed by atoms with E-state index in [9.17, 15) is 9.59 Å². The maximum atomic E-state index is 12.6. The lowest BCUT2D eigenvalue weighted by Crippen LogP contribution is -2.46. The number of aromatic nitrogens is 4. The van der Waals surface area contributed by atoms with E-state index in [4.69, 9.17) is 0 Å². The molecule has 9 nitrogen and oxygen atoms in total. The van der Waals surface area contributed by atoms with Crippen molar-refractivity contribution < 1.29 is 9.59 Å². The van der Waals surface area contributed by atoms with Gasteiger partial charge in [-0.2, -0.15) is 10.2 Å². The predicted octanol–water partition coefficient (Wildman–Crippen LogP) is 1.22. The van der Waals surface area contributed by atoms with E-state index in [1.165, 1.54) is 0 Å². The van der Waals surface area contributed by atoms with Crippen molar-refractivity contribution in [1.82, 2.24) is 35.9 Å². The number of H-pyrrole nitrogens is 2. The van der Waals surface area contributed by atoms with Gasteiger partial charge in [0.05, 0.1) is 17.3 Å². The Balaban J connectivity index is 1.21. The minimum Gasteiger partial charge on any atom is -0.351 e. The number of aryl methyl sites for hydroxylation is 1. The minimum atomic E-state index is -0.136. The van der Waals surface area contributed by atoms with Crippen molar-refractivity contribution in [3.63, 3.8) is 0 Å². The number of hydrogen-bond acceptors (Lipinski definition) is 5. The number of nitrogens with one attached hydrogen (secondary N) is 4. The van der Waals surface area contributed by atoms with Gasteiger partial charge in [-0.25, -0.2) is 0 Å². The molecule has 29 heavy (non-hydrogen) atoms. The monoisotopic (exact) mass is 395 g/mol. The van der Waals surface area contributed by atoms with Crippen molar-refractivity contribution in [2.45, 2.75) is 25.8 Å². The summed E-state index contributed by atoms with van der Waals surface area (Å²) in [5.41, 5.74) is 2.65. The van der Waals surface area contributed by atoms with Gasteiger partial charge >= 0.3 is 0 Å². The Bertz CT molecular complexity index is 1000. The summed E-state index contributed by atoms with van der Waals surface area (Å²) in [5, 5.41) is 20.6. The number of nitrogens with zero attached hydrogens (tertiary/aromatic N) is 3. The van der Waals surface area contributed by atoms with Crippen molar-refractivity contribution in [2.24, 2.45) is 0 Å². The Morgan fingerprint density at radius 3 is 2.72 bits per heavy atom. The van der Waals surface area contributed by atoms with Crippen molar-refractivity contribution in [2.75, 3.05) is 26.2 Å². The molecule has 1 aliphatic rings. The van der Waals surface area contributed by atoms with E-state index >= 15 is 0 Å². The van der Waals surface area contributed by atoms with Crippen molar-refractivity contribution >= 4 is 22.7 Å². The van der Waals surface area contributed by atoms with Crippen LogP contribution in [0.3, 0.4) is 0 Å². The topological polar surface area (TPSA) is 119 Å². The van der Waals surface area contributed by atoms with Gasteiger partial charge in [-0.1, -0.05) is 18.2 Å². The van der Waals surface area contributed by atoms with Gasteiger partial charge in [0.1, 0.15) is 0 Å². The number of amides is 2. The van der Waals surface area contributed by atoms with Crippen LogP contribution in [0.5, 0.6) is 0 Å². The fourth-order valence-corrected chi connectivity index (χ4v) is 3.69. The molecule has 152 valence electrons. The van der Waals surface area contributed by atoms with Crippen LogP contribution < -0.4 is 10.6 Å². The van der Waals surface area contributed by atoms with E-state index in [2.05, 4.69) is 35.9 Å². The van der Waals surface area contributed by atoms with E-state index < -0.39 is 0 Å². The zero-order valence-corrected chi connectivity index (χ0v) is 16.4. The quantitative estimate of drug-likeness (QED) is 0.500. The smallest absolute Gasteiger partial charge is 0.272 e. The fraction of sp³-hybridized carbons (Fsp3) is 0.400. The SMILES string of the molecule is Cc1[nH]ncc1C(=O)NCCN1CCC(NC(=O)c2n[nH]c3ccccc23)CC1. The summed E-state index contributed by atoms with van der Waals surface area (Å²) in [5.74, 6) is -0.242. The lowest BCUT2D eigenvalue weighted by atomic mass is 10.0. The second-order valence-electron chi connectivity index (χ2n) is 7.37. The normalized spacial score (nSPS) is 15.5. The van der Waals surface area contributed by atoms with E-state index in [-0.39, 0.29) is 17.9 Å². The summed E-state index contributed by atoms with van der Waals surface area (Å²) in [6.45, 7) is 4.96. The Labute approximate surface area is 168 Å². The van der Waals surface area contributed by atoms with Gasteiger partial charge in [0.2, 0.25) is 0 Å². The van der Waals surface area contributed by atoms with Crippen molar-refractivity contribution in [1.29, 1.82) is 0 Å². The third-order valence-electron chi connectivity index (χ3n) is 5.40. The summed E-state index contributed by atoms with van der Waals surface area (Å²) in [7, 11) is 0. The molecule has 0 atom stereocenters. The second-order valence-corrected chi connectivity index (χ2v) is 7.37. The molecule has 3 aromatic rings. The van der Waals surface area contributed by atoms with Gasteiger partial charge in [0, 0.05) is 43.3 Å². The van der Waals surface area contributed by atoms with Crippen LogP contribution in [0, 0.1) is 6.92 Å². The number of likely N-dealkylation sites (tertiary alicyclic amines) is 1. The largest absolute Gasteiger partial charge is 0.351 e. The highest BCUT2D eigenvalue weighted by Gasteiger charge is 2.23. The average molecular weight is 395 g/mol. The predicted molar refractivity (Wildman–Crippen MR) is 109 cm³/mol. The summed E-state index contributed by atoms with van der Waals surface area (Å²) in [4.78, 5) is 27.0. The lowest BCUT2D eigenvalue weighted by Gasteiger charge is -2.32. The van der Waals surface area contributed by atoms with E-state index in [1.807, 2.05) is 31.2 Å². The Morgan fingerprint density at radius 1 is 1.17 bits per heavy atom. The molecule has 0 radical (unpaired) electrons. The first-order valence-corrected chi connectivity index (χ1v) is 9.86. The molecular formula is C20H25N7O2. The number of fused-ring (bicyclic) bond motifs is 1. The maximum absolute atomic E-state index is 12.6. The molecule has 2 aromatic heterocycles. The van der Waals surface area contributed by atoms with E-state index in [0.29, 0.717) is 17.8 Å². The molecular weight excluding hydrogens is 370 g/mol. The van der Waals surface area contributed by atoms with Crippen LogP contribution in [0.4, 0.5) is 0 Å². The van der Waals surface area contributed by atoms with E-state index in [0.717, 1.165) is 49.1 Å². The number of rotatable bonds is 6. The zero-order valence-electron chi connectivity index (χ0n) is 16.4. The van der Waals surface area contributed by atoms with Crippen LogP contribution in [0.2, 0.25) is 0 Å². The van der Waals surface area contributed by atoms with Crippen molar-refractivity contribution in [3.05, 3.63) is 47.4 Å². The molecule has 4 rings (SSSR count). The molecule has 1 saturated heterocycles. The highest BCUT2D eigenvalue weighted by atomic mass is 16.2. The molecule has 9 heteroatoms. The van der Waals surface area contributed by atoms with Crippen molar-refractivity contribution in [3.8, 4) is 0 Å². The number of aromatic amines is 2. The molecule has 4 N–H and O–H groups in total. The number of carbonyl (C=O) groups is 2. The molecule has 3 heterocycles. The minimum absolute atomic E-state index is 0.107. The number of benzene rings is 1. The van der Waals surface area contributed by atoms with Gasteiger partial charge in [0.15, 0.2) is 5.69 Å². The van der Waals surface area contributed by atoms with Crippen LogP contribution in [0.25, 0.3) is 10.9 Å². The molecule has 0 aliphatic carbocycles. The lowest BCUT2D eigenvalue weighted by molar-refractivity contribution is 0.0896.